The highest BCUT2D eigenvalue weighted by Gasteiger charge is 2.19. The Bertz CT molecular complexity index is 552. The summed E-state index contributed by atoms with van der Waals surface area (Å²) in [6.07, 6.45) is 1.66. The maximum Gasteiger partial charge on any atom is 0.162 e. The average molecular weight is 404 g/mol. The molecule has 0 amide bonds. The lowest BCUT2D eigenvalue weighted by Crippen LogP contribution is -2.01. The van der Waals surface area contributed by atoms with Gasteiger partial charge >= 0.3 is 0 Å². The summed E-state index contributed by atoms with van der Waals surface area (Å²) in [6.45, 7) is 5.10. The summed E-state index contributed by atoms with van der Waals surface area (Å²) < 4.78 is 17.6. The molecule has 3 nitrogen and oxygen atoms in total. The Hall–Kier alpha value is -0.940. The minimum Gasteiger partial charge on any atom is -0.490 e. The lowest BCUT2D eigenvalue weighted by atomic mass is 10.1. The van der Waals surface area contributed by atoms with Crippen LogP contribution < -0.4 is 9.47 Å². The molecule has 0 N–H and O–H groups in total. The van der Waals surface area contributed by atoms with Gasteiger partial charge in [-0.3, -0.25) is 0 Å². The minimum absolute atomic E-state index is 0.0400. The summed E-state index contributed by atoms with van der Waals surface area (Å²) in [7, 11) is 0. The van der Waals surface area contributed by atoms with Crippen molar-refractivity contribution in [2.45, 2.75) is 18.7 Å². The standard InChI is InChI=1S/C15H16Br2O3/c1-3-18-13-8-10(11(16)9-14(13)19-4-2)15(17)12-6-5-7-20-12/h5-9,15H,3-4H2,1-2H3. The molecule has 0 fully saturated rings. The van der Waals surface area contributed by atoms with Gasteiger partial charge in [0.2, 0.25) is 0 Å². The number of halogens is 2. The predicted octanol–water partition coefficient (Wildman–Crippen LogP) is 5.32. The maximum atomic E-state index is 5.66. The first-order valence-corrected chi connectivity index (χ1v) is 8.14. The van der Waals surface area contributed by atoms with Crippen molar-refractivity contribution in [2.75, 3.05) is 13.2 Å². The van der Waals surface area contributed by atoms with Crippen LogP contribution in [0, 0.1) is 0 Å². The molecule has 1 unspecified atom stereocenters. The molecule has 1 atom stereocenters. The van der Waals surface area contributed by atoms with Gasteiger partial charge in [0.25, 0.3) is 0 Å². The van der Waals surface area contributed by atoms with Crippen molar-refractivity contribution in [2.24, 2.45) is 0 Å². The molecule has 0 aliphatic rings. The number of benzene rings is 1. The Balaban J connectivity index is 2.40. The minimum atomic E-state index is -0.0400. The van der Waals surface area contributed by atoms with Crippen LogP contribution >= 0.6 is 31.9 Å². The first kappa shape index (κ1) is 15.4. The predicted molar refractivity (Wildman–Crippen MR) is 86.0 cm³/mol. The van der Waals surface area contributed by atoms with Crippen LogP contribution in [0.1, 0.15) is 30.0 Å². The number of ether oxygens (including phenoxy) is 2. The van der Waals surface area contributed by atoms with Crippen molar-refractivity contribution in [3.8, 4) is 11.5 Å². The van der Waals surface area contributed by atoms with Crippen molar-refractivity contribution in [3.63, 3.8) is 0 Å². The van der Waals surface area contributed by atoms with Crippen molar-refractivity contribution < 1.29 is 13.9 Å². The van der Waals surface area contributed by atoms with Gasteiger partial charge in [0.05, 0.1) is 24.3 Å². The molecular weight excluding hydrogens is 388 g/mol. The molecule has 1 heterocycles. The van der Waals surface area contributed by atoms with E-state index in [-0.39, 0.29) is 4.83 Å². The first-order chi connectivity index (χ1) is 9.67. The van der Waals surface area contributed by atoms with Crippen LogP contribution in [-0.2, 0) is 0 Å². The number of hydrogen-bond acceptors (Lipinski definition) is 3. The van der Waals surface area contributed by atoms with E-state index in [0.29, 0.717) is 13.2 Å². The third-order valence-corrected chi connectivity index (χ3v) is 4.36. The number of rotatable bonds is 6. The van der Waals surface area contributed by atoms with E-state index in [1.54, 1.807) is 6.26 Å². The maximum absolute atomic E-state index is 5.66. The zero-order valence-corrected chi connectivity index (χ0v) is 14.5. The van der Waals surface area contributed by atoms with Gasteiger partial charge < -0.3 is 13.9 Å². The van der Waals surface area contributed by atoms with E-state index in [9.17, 15) is 0 Å². The molecule has 2 aromatic rings. The molecule has 0 radical (unpaired) electrons. The van der Waals surface area contributed by atoms with Crippen molar-refractivity contribution in [1.29, 1.82) is 0 Å². The summed E-state index contributed by atoms with van der Waals surface area (Å²) in [5.41, 5.74) is 1.03. The lowest BCUT2D eigenvalue weighted by molar-refractivity contribution is 0.287. The van der Waals surface area contributed by atoms with Crippen LogP contribution in [0.15, 0.2) is 39.4 Å². The zero-order chi connectivity index (χ0) is 14.5. The van der Waals surface area contributed by atoms with Crippen LogP contribution in [0.25, 0.3) is 0 Å². The Morgan fingerprint density at radius 1 is 1.15 bits per heavy atom. The smallest absolute Gasteiger partial charge is 0.162 e. The fourth-order valence-corrected chi connectivity index (χ4v) is 3.37. The van der Waals surface area contributed by atoms with Crippen molar-refractivity contribution in [3.05, 3.63) is 46.3 Å². The Morgan fingerprint density at radius 3 is 2.35 bits per heavy atom. The quantitative estimate of drug-likeness (QED) is 0.611. The van der Waals surface area contributed by atoms with E-state index in [0.717, 1.165) is 27.3 Å². The molecule has 108 valence electrons. The molecule has 0 spiro atoms. The normalized spacial score (nSPS) is 12.2. The van der Waals surface area contributed by atoms with Crippen molar-refractivity contribution >= 4 is 31.9 Å². The van der Waals surface area contributed by atoms with Gasteiger partial charge in [0.1, 0.15) is 5.76 Å². The topological polar surface area (TPSA) is 31.6 Å². The van der Waals surface area contributed by atoms with Gasteiger partial charge in [-0.2, -0.15) is 0 Å². The zero-order valence-electron chi connectivity index (χ0n) is 11.4. The first-order valence-electron chi connectivity index (χ1n) is 6.43. The van der Waals surface area contributed by atoms with Gasteiger partial charge in [-0.1, -0.05) is 31.9 Å². The van der Waals surface area contributed by atoms with Gasteiger partial charge in [-0.15, -0.1) is 0 Å². The third-order valence-electron chi connectivity index (χ3n) is 2.73. The number of furan rings is 1. The molecule has 0 aliphatic heterocycles. The molecule has 2 rings (SSSR count). The summed E-state index contributed by atoms with van der Waals surface area (Å²) in [5, 5.41) is 0. The molecule has 0 aliphatic carbocycles. The molecule has 20 heavy (non-hydrogen) atoms. The van der Waals surface area contributed by atoms with E-state index in [1.807, 2.05) is 38.1 Å². The van der Waals surface area contributed by atoms with Gasteiger partial charge in [0, 0.05) is 4.47 Å². The summed E-state index contributed by atoms with van der Waals surface area (Å²) >= 11 is 7.23. The fourth-order valence-electron chi connectivity index (χ4n) is 1.87. The van der Waals surface area contributed by atoms with Crippen LogP contribution in [0.4, 0.5) is 0 Å². The Morgan fingerprint density at radius 2 is 1.80 bits per heavy atom. The molecular formula is C15H16Br2O3. The van der Waals surface area contributed by atoms with E-state index in [2.05, 4.69) is 31.9 Å². The highest BCUT2D eigenvalue weighted by Crippen LogP contribution is 2.41. The average Bonchev–Trinajstić information content (AvgIpc) is 2.95. The molecule has 0 saturated carbocycles. The number of hydrogen-bond donors (Lipinski definition) is 0. The largest absolute Gasteiger partial charge is 0.490 e. The van der Waals surface area contributed by atoms with Gasteiger partial charge in [-0.05, 0) is 43.7 Å². The SMILES string of the molecule is CCOc1cc(Br)c(C(Br)c2ccco2)cc1OCC. The second kappa shape index (κ2) is 7.18. The van der Waals surface area contributed by atoms with Crippen LogP contribution in [-0.4, -0.2) is 13.2 Å². The second-order valence-corrected chi connectivity index (χ2v) is 5.83. The number of alkyl halides is 1. The fraction of sp³-hybridized carbons (Fsp3) is 0.333. The highest BCUT2D eigenvalue weighted by molar-refractivity contribution is 9.11. The van der Waals surface area contributed by atoms with E-state index in [1.165, 1.54) is 0 Å². The van der Waals surface area contributed by atoms with Crippen molar-refractivity contribution in [1.82, 2.24) is 0 Å². The highest BCUT2D eigenvalue weighted by atomic mass is 79.9. The van der Waals surface area contributed by atoms with Gasteiger partial charge in [0.15, 0.2) is 11.5 Å². The molecule has 1 aromatic heterocycles. The molecule has 1 aromatic carbocycles. The lowest BCUT2D eigenvalue weighted by Gasteiger charge is -2.16. The van der Waals surface area contributed by atoms with E-state index in [4.69, 9.17) is 13.9 Å². The van der Waals surface area contributed by atoms with E-state index < -0.39 is 0 Å². The van der Waals surface area contributed by atoms with Gasteiger partial charge in [-0.25, -0.2) is 0 Å². The third kappa shape index (κ3) is 3.38. The Labute approximate surface area is 135 Å². The monoisotopic (exact) mass is 402 g/mol. The molecule has 0 bridgehead atoms. The second-order valence-electron chi connectivity index (χ2n) is 4.06. The van der Waals surface area contributed by atoms with Crippen LogP contribution in [0.2, 0.25) is 0 Å². The van der Waals surface area contributed by atoms with Crippen LogP contribution in [0.5, 0.6) is 11.5 Å². The molecule has 5 heteroatoms. The van der Waals surface area contributed by atoms with Crippen LogP contribution in [0.3, 0.4) is 0 Å². The summed E-state index contributed by atoms with van der Waals surface area (Å²) in [6, 6.07) is 7.71. The molecule has 0 saturated heterocycles. The summed E-state index contributed by atoms with van der Waals surface area (Å²) in [5.74, 6) is 2.32. The summed E-state index contributed by atoms with van der Waals surface area (Å²) in [4.78, 5) is -0.0400. The Kier molecular flexibility index (Phi) is 5.54. The van der Waals surface area contributed by atoms with E-state index >= 15 is 0 Å².